The average Bonchev–Trinajstić information content (AvgIpc) is 3.03. The third-order valence-electron chi connectivity index (χ3n) is 4.78. The fourth-order valence-corrected chi connectivity index (χ4v) is 3.38. The van der Waals surface area contributed by atoms with Crippen molar-refractivity contribution in [2.75, 3.05) is 39.3 Å². The lowest BCUT2D eigenvalue weighted by atomic mass is 10.1. The summed E-state index contributed by atoms with van der Waals surface area (Å²) in [6.07, 6.45) is 3.34. The predicted octanol–water partition coefficient (Wildman–Crippen LogP) is 0.731. The third kappa shape index (κ3) is 4.12. The van der Waals surface area contributed by atoms with Crippen molar-refractivity contribution < 1.29 is 19.1 Å². The van der Waals surface area contributed by atoms with E-state index in [9.17, 15) is 14.4 Å². The van der Waals surface area contributed by atoms with Gasteiger partial charge in [-0.05, 0) is 18.6 Å². The lowest BCUT2D eigenvalue weighted by molar-refractivity contribution is -0.137. The van der Waals surface area contributed by atoms with Crippen molar-refractivity contribution in [3.05, 3.63) is 30.1 Å². The molecule has 0 aromatic carbocycles. The van der Waals surface area contributed by atoms with Crippen LogP contribution in [-0.4, -0.2) is 76.9 Å². The smallest absolute Gasteiger partial charge is 0.409 e. The van der Waals surface area contributed by atoms with E-state index in [-0.39, 0.29) is 30.2 Å². The molecule has 2 fully saturated rings. The van der Waals surface area contributed by atoms with E-state index in [4.69, 9.17) is 4.74 Å². The first-order valence-electron chi connectivity index (χ1n) is 8.95. The summed E-state index contributed by atoms with van der Waals surface area (Å²) in [5.41, 5.74) is 0.956. The van der Waals surface area contributed by atoms with Gasteiger partial charge in [-0.3, -0.25) is 14.6 Å². The molecule has 2 aliphatic rings. The first-order valence-corrected chi connectivity index (χ1v) is 8.95. The van der Waals surface area contributed by atoms with Crippen LogP contribution in [0, 0.1) is 5.92 Å². The lowest BCUT2D eigenvalue weighted by Crippen LogP contribution is -2.52. The molecule has 2 aliphatic heterocycles. The van der Waals surface area contributed by atoms with Crippen LogP contribution in [-0.2, 0) is 20.9 Å². The number of amides is 3. The van der Waals surface area contributed by atoms with E-state index in [0.29, 0.717) is 45.9 Å². The maximum absolute atomic E-state index is 12.7. The van der Waals surface area contributed by atoms with Crippen LogP contribution in [0.3, 0.4) is 0 Å². The molecule has 0 N–H and O–H groups in total. The largest absolute Gasteiger partial charge is 0.450 e. The van der Waals surface area contributed by atoms with Crippen LogP contribution in [0.25, 0.3) is 0 Å². The van der Waals surface area contributed by atoms with Crippen molar-refractivity contribution in [3.63, 3.8) is 0 Å². The minimum atomic E-state index is -0.335. The van der Waals surface area contributed by atoms with E-state index in [1.807, 2.05) is 12.1 Å². The van der Waals surface area contributed by atoms with Gasteiger partial charge in [0.15, 0.2) is 0 Å². The van der Waals surface area contributed by atoms with Crippen molar-refractivity contribution in [1.82, 2.24) is 19.7 Å². The zero-order valence-corrected chi connectivity index (χ0v) is 15.0. The topological polar surface area (TPSA) is 83.0 Å². The number of carbonyl (C=O) groups is 3. The summed E-state index contributed by atoms with van der Waals surface area (Å²) in [6, 6.07) is 3.76. The molecule has 8 nitrogen and oxygen atoms in total. The quantitative estimate of drug-likeness (QED) is 0.791. The molecule has 8 heteroatoms. The second-order valence-electron chi connectivity index (χ2n) is 6.55. The second kappa shape index (κ2) is 8.16. The molecule has 0 unspecified atom stereocenters. The number of carbonyl (C=O) groups excluding carboxylic acids is 3. The van der Waals surface area contributed by atoms with Gasteiger partial charge in [-0.15, -0.1) is 0 Å². The molecule has 1 atom stereocenters. The Morgan fingerprint density at radius 3 is 2.62 bits per heavy atom. The second-order valence-corrected chi connectivity index (χ2v) is 6.55. The van der Waals surface area contributed by atoms with E-state index in [0.717, 1.165) is 5.56 Å². The highest BCUT2D eigenvalue weighted by Crippen LogP contribution is 2.22. The van der Waals surface area contributed by atoms with Crippen LogP contribution in [0.4, 0.5) is 4.79 Å². The number of pyridine rings is 1. The van der Waals surface area contributed by atoms with Crippen LogP contribution in [0.15, 0.2) is 24.5 Å². The highest BCUT2D eigenvalue weighted by Gasteiger charge is 2.37. The average molecular weight is 360 g/mol. The zero-order chi connectivity index (χ0) is 18.5. The van der Waals surface area contributed by atoms with Gasteiger partial charge >= 0.3 is 6.09 Å². The molecule has 0 saturated carbocycles. The van der Waals surface area contributed by atoms with Crippen molar-refractivity contribution >= 4 is 17.9 Å². The lowest BCUT2D eigenvalue weighted by Gasteiger charge is -2.35. The fraction of sp³-hybridized carbons (Fsp3) is 0.556. The molecule has 3 amide bonds. The Bertz CT molecular complexity index is 658. The summed E-state index contributed by atoms with van der Waals surface area (Å²) in [7, 11) is 0. The van der Waals surface area contributed by atoms with Crippen LogP contribution < -0.4 is 0 Å². The first kappa shape index (κ1) is 18.2. The molecule has 2 saturated heterocycles. The summed E-state index contributed by atoms with van der Waals surface area (Å²) in [5.74, 6) is -0.318. The van der Waals surface area contributed by atoms with E-state index in [2.05, 4.69) is 4.98 Å². The minimum Gasteiger partial charge on any atom is -0.450 e. The van der Waals surface area contributed by atoms with Crippen molar-refractivity contribution in [3.8, 4) is 0 Å². The predicted molar refractivity (Wildman–Crippen MR) is 92.9 cm³/mol. The van der Waals surface area contributed by atoms with Crippen LogP contribution in [0.1, 0.15) is 18.9 Å². The Balaban J connectivity index is 1.51. The molecule has 1 aromatic heterocycles. The number of likely N-dealkylation sites (tertiary alicyclic amines) is 1. The number of ether oxygens (including phenoxy) is 1. The molecule has 26 heavy (non-hydrogen) atoms. The van der Waals surface area contributed by atoms with E-state index in [1.54, 1.807) is 34.0 Å². The molecule has 0 spiro atoms. The zero-order valence-electron chi connectivity index (χ0n) is 15.0. The number of piperazine rings is 1. The van der Waals surface area contributed by atoms with Crippen LogP contribution >= 0.6 is 0 Å². The van der Waals surface area contributed by atoms with E-state index < -0.39 is 0 Å². The fourth-order valence-electron chi connectivity index (χ4n) is 3.38. The standard InChI is InChI=1S/C18H24N4O4/c1-2-26-18(25)21-8-6-20(7-9-21)17(24)15-10-16(23)22(13-15)12-14-4-3-5-19-11-14/h3-5,11,15H,2,6-10,12-13H2,1H3/t15-/m1/s1. The van der Waals surface area contributed by atoms with E-state index >= 15 is 0 Å². The number of hydrogen-bond donors (Lipinski definition) is 0. The molecule has 3 heterocycles. The van der Waals surface area contributed by atoms with Gasteiger partial charge in [0.1, 0.15) is 0 Å². The Kier molecular flexibility index (Phi) is 5.70. The van der Waals surface area contributed by atoms with Gasteiger partial charge in [0.25, 0.3) is 0 Å². The summed E-state index contributed by atoms with van der Waals surface area (Å²) < 4.78 is 4.99. The molecular formula is C18H24N4O4. The maximum atomic E-state index is 12.7. The number of aromatic nitrogens is 1. The normalized spacial score (nSPS) is 20.4. The van der Waals surface area contributed by atoms with Crippen LogP contribution in [0.5, 0.6) is 0 Å². The Morgan fingerprint density at radius 1 is 1.23 bits per heavy atom. The molecule has 1 aromatic rings. The molecule has 0 radical (unpaired) electrons. The highest BCUT2D eigenvalue weighted by atomic mass is 16.6. The van der Waals surface area contributed by atoms with Crippen molar-refractivity contribution in [2.45, 2.75) is 19.9 Å². The first-order chi connectivity index (χ1) is 12.6. The maximum Gasteiger partial charge on any atom is 0.409 e. The molecule has 140 valence electrons. The third-order valence-corrected chi connectivity index (χ3v) is 4.78. The number of rotatable bonds is 4. The Labute approximate surface area is 152 Å². The monoisotopic (exact) mass is 360 g/mol. The van der Waals surface area contributed by atoms with Gasteiger partial charge in [-0.2, -0.15) is 0 Å². The summed E-state index contributed by atoms with van der Waals surface area (Å²) in [5, 5.41) is 0. The molecule has 3 rings (SSSR count). The van der Waals surface area contributed by atoms with Gasteiger partial charge in [0.05, 0.1) is 12.5 Å². The van der Waals surface area contributed by atoms with E-state index in [1.165, 1.54) is 0 Å². The van der Waals surface area contributed by atoms with Gasteiger partial charge in [0, 0.05) is 58.1 Å². The molecule has 0 aliphatic carbocycles. The van der Waals surface area contributed by atoms with Gasteiger partial charge < -0.3 is 19.4 Å². The molecule has 0 bridgehead atoms. The Morgan fingerprint density at radius 2 is 1.96 bits per heavy atom. The minimum absolute atomic E-state index is 0.00244. The van der Waals surface area contributed by atoms with Gasteiger partial charge in [-0.1, -0.05) is 6.07 Å². The highest BCUT2D eigenvalue weighted by molar-refractivity contribution is 5.89. The number of hydrogen-bond acceptors (Lipinski definition) is 5. The van der Waals surface area contributed by atoms with Gasteiger partial charge in [-0.25, -0.2) is 4.79 Å². The summed E-state index contributed by atoms with van der Waals surface area (Å²) >= 11 is 0. The molecular weight excluding hydrogens is 336 g/mol. The van der Waals surface area contributed by atoms with Crippen molar-refractivity contribution in [1.29, 1.82) is 0 Å². The summed E-state index contributed by atoms with van der Waals surface area (Å²) in [6.45, 7) is 4.91. The van der Waals surface area contributed by atoms with Gasteiger partial charge in [0.2, 0.25) is 11.8 Å². The number of nitrogens with zero attached hydrogens (tertiary/aromatic N) is 4. The Hall–Kier alpha value is -2.64. The SMILES string of the molecule is CCOC(=O)N1CCN(C(=O)[C@@H]2CC(=O)N(Cc3cccnc3)C2)CC1. The van der Waals surface area contributed by atoms with Crippen LogP contribution in [0.2, 0.25) is 0 Å². The van der Waals surface area contributed by atoms with Crippen molar-refractivity contribution in [2.24, 2.45) is 5.92 Å². The summed E-state index contributed by atoms with van der Waals surface area (Å²) in [4.78, 5) is 45.9.